The summed E-state index contributed by atoms with van der Waals surface area (Å²) in [7, 11) is 0. The molecule has 2 rings (SSSR count). The number of carbonyl (C=O) groups excluding carboxylic acids is 1. The van der Waals surface area contributed by atoms with E-state index >= 15 is 0 Å². The van der Waals surface area contributed by atoms with Crippen LogP contribution in [0.25, 0.3) is 0 Å². The highest BCUT2D eigenvalue weighted by Crippen LogP contribution is 2.20. The molecule has 4 nitrogen and oxygen atoms in total. The molecule has 104 valence electrons. The average Bonchev–Trinajstić information content (AvgIpc) is 2.40. The summed E-state index contributed by atoms with van der Waals surface area (Å²) >= 11 is 0. The molecule has 4 heteroatoms. The van der Waals surface area contributed by atoms with Gasteiger partial charge in [-0.1, -0.05) is 0 Å². The number of carbonyl (C=O) groups is 1. The van der Waals surface area contributed by atoms with Gasteiger partial charge in [-0.25, -0.2) is 0 Å². The normalized spacial score (nSPS) is 30.1. The van der Waals surface area contributed by atoms with Crippen molar-refractivity contribution in [1.29, 1.82) is 0 Å². The van der Waals surface area contributed by atoms with Crippen LogP contribution in [0.3, 0.4) is 0 Å². The number of amides is 1. The minimum Gasteiger partial charge on any atom is -0.393 e. The molecule has 1 amide bonds. The first-order chi connectivity index (χ1) is 8.74. The van der Waals surface area contributed by atoms with Gasteiger partial charge >= 0.3 is 0 Å². The molecule has 1 saturated heterocycles. The second kappa shape index (κ2) is 7.10. The molecule has 0 bridgehead atoms. The monoisotopic (exact) mass is 254 g/mol. The lowest BCUT2D eigenvalue weighted by Crippen LogP contribution is -2.38. The minimum atomic E-state index is -0.145. The van der Waals surface area contributed by atoms with Crippen molar-refractivity contribution >= 4 is 5.91 Å². The topological polar surface area (TPSA) is 61.4 Å². The summed E-state index contributed by atoms with van der Waals surface area (Å²) in [5, 5.41) is 15.9. The van der Waals surface area contributed by atoms with E-state index in [1.54, 1.807) is 0 Å². The maximum Gasteiger partial charge on any atom is 0.220 e. The van der Waals surface area contributed by atoms with E-state index in [4.69, 9.17) is 0 Å². The van der Waals surface area contributed by atoms with E-state index in [1.807, 2.05) is 0 Å². The summed E-state index contributed by atoms with van der Waals surface area (Å²) < 4.78 is 0. The number of nitrogens with one attached hydrogen (secondary N) is 2. The first kappa shape index (κ1) is 13.8. The largest absolute Gasteiger partial charge is 0.393 e. The fourth-order valence-electron chi connectivity index (χ4n) is 3.03. The van der Waals surface area contributed by atoms with Gasteiger partial charge < -0.3 is 15.7 Å². The molecule has 1 heterocycles. The third kappa shape index (κ3) is 4.58. The SMILES string of the molecule is O=C(CCC1CCNCC1)NC1CCC(O)CC1. The molecule has 0 aromatic heterocycles. The van der Waals surface area contributed by atoms with Gasteiger partial charge in [-0.3, -0.25) is 4.79 Å². The van der Waals surface area contributed by atoms with Gasteiger partial charge in [0.05, 0.1) is 6.10 Å². The average molecular weight is 254 g/mol. The molecule has 0 radical (unpaired) electrons. The first-order valence-corrected chi connectivity index (χ1v) is 7.42. The van der Waals surface area contributed by atoms with E-state index in [-0.39, 0.29) is 12.0 Å². The van der Waals surface area contributed by atoms with E-state index in [9.17, 15) is 9.90 Å². The molecule has 3 N–H and O–H groups in total. The van der Waals surface area contributed by atoms with Gasteiger partial charge in [0.2, 0.25) is 5.91 Å². The summed E-state index contributed by atoms with van der Waals surface area (Å²) in [6.07, 6.45) is 7.50. The molecule has 0 unspecified atom stereocenters. The van der Waals surface area contributed by atoms with Crippen molar-refractivity contribution in [2.75, 3.05) is 13.1 Å². The first-order valence-electron chi connectivity index (χ1n) is 7.42. The van der Waals surface area contributed by atoms with Crippen molar-refractivity contribution < 1.29 is 9.90 Å². The third-order valence-corrected chi connectivity index (χ3v) is 4.30. The van der Waals surface area contributed by atoms with E-state index < -0.39 is 0 Å². The van der Waals surface area contributed by atoms with Crippen molar-refractivity contribution in [3.05, 3.63) is 0 Å². The van der Waals surface area contributed by atoms with Crippen LogP contribution in [0.5, 0.6) is 0 Å². The molecule has 1 aliphatic carbocycles. The van der Waals surface area contributed by atoms with Gasteiger partial charge in [-0.05, 0) is 64.0 Å². The molecular formula is C14H26N2O2. The Morgan fingerprint density at radius 1 is 1.11 bits per heavy atom. The third-order valence-electron chi connectivity index (χ3n) is 4.30. The Balaban J connectivity index is 1.59. The number of aliphatic hydroxyl groups excluding tert-OH is 1. The second-order valence-corrected chi connectivity index (χ2v) is 5.81. The number of rotatable bonds is 4. The molecule has 0 atom stereocenters. The molecule has 0 aromatic rings. The highest BCUT2D eigenvalue weighted by Gasteiger charge is 2.21. The fourth-order valence-corrected chi connectivity index (χ4v) is 3.03. The quantitative estimate of drug-likeness (QED) is 0.706. The molecule has 1 saturated carbocycles. The van der Waals surface area contributed by atoms with Crippen LogP contribution in [0, 0.1) is 5.92 Å². The van der Waals surface area contributed by atoms with Crippen LogP contribution in [0.4, 0.5) is 0 Å². The van der Waals surface area contributed by atoms with Crippen molar-refractivity contribution in [2.24, 2.45) is 5.92 Å². The second-order valence-electron chi connectivity index (χ2n) is 5.81. The highest BCUT2D eigenvalue weighted by molar-refractivity contribution is 5.76. The molecule has 2 fully saturated rings. The van der Waals surface area contributed by atoms with Crippen molar-refractivity contribution in [2.45, 2.75) is 63.5 Å². The van der Waals surface area contributed by atoms with Crippen molar-refractivity contribution in [3.8, 4) is 0 Å². The highest BCUT2D eigenvalue weighted by atomic mass is 16.3. The van der Waals surface area contributed by atoms with Crippen LogP contribution in [-0.2, 0) is 4.79 Å². The maximum atomic E-state index is 11.8. The molecule has 2 aliphatic rings. The minimum absolute atomic E-state index is 0.145. The zero-order valence-electron chi connectivity index (χ0n) is 11.2. The van der Waals surface area contributed by atoms with Gasteiger partial charge in [0.1, 0.15) is 0 Å². The van der Waals surface area contributed by atoms with E-state index in [0.717, 1.165) is 51.1 Å². The van der Waals surface area contributed by atoms with E-state index in [0.29, 0.717) is 12.5 Å². The van der Waals surface area contributed by atoms with Crippen molar-refractivity contribution in [1.82, 2.24) is 10.6 Å². The predicted octanol–water partition coefficient (Wildman–Crippen LogP) is 1.19. The zero-order chi connectivity index (χ0) is 12.8. The summed E-state index contributed by atoms with van der Waals surface area (Å²) in [5.74, 6) is 0.931. The van der Waals surface area contributed by atoms with E-state index in [1.165, 1.54) is 12.8 Å². The lowest BCUT2D eigenvalue weighted by Gasteiger charge is -2.27. The Bertz CT molecular complexity index is 257. The fraction of sp³-hybridized carbons (Fsp3) is 0.929. The maximum absolute atomic E-state index is 11.8. The summed E-state index contributed by atoms with van der Waals surface area (Å²) in [6, 6.07) is 0.300. The van der Waals surface area contributed by atoms with Gasteiger partial charge in [-0.15, -0.1) is 0 Å². The van der Waals surface area contributed by atoms with Crippen LogP contribution in [0.2, 0.25) is 0 Å². The van der Waals surface area contributed by atoms with Gasteiger partial charge in [0, 0.05) is 12.5 Å². The Morgan fingerprint density at radius 2 is 1.78 bits per heavy atom. The van der Waals surface area contributed by atoms with Crippen molar-refractivity contribution in [3.63, 3.8) is 0 Å². The van der Waals surface area contributed by atoms with Crippen LogP contribution in [0.1, 0.15) is 51.4 Å². The lowest BCUT2D eigenvalue weighted by atomic mass is 9.91. The van der Waals surface area contributed by atoms with Gasteiger partial charge in [-0.2, -0.15) is 0 Å². The van der Waals surface area contributed by atoms with Gasteiger partial charge in [0.15, 0.2) is 0 Å². The van der Waals surface area contributed by atoms with Crippen LogP contribution in [-0.4, -0.2) is 36.2 Å². The number of aliphatic hydroxyl groups is 1. The van der Waals surface area contributed by atoms with Gasteiger partial charge in [0.25, 0.3) is 0 Å². The number of piperidine rings is 1. The summed E-state index contributed by atoms with van der Waals surface area (Å²) in [4.78, 5) is 11.8. The molecular weight excluding hydrogens is 228 g/mol. The molecule has 1 aliphatic heterocycles. The number of hydrogen-bond donors (Lipinski definition) is 3. The summed E-state index contributed by atoms with van der Waals surface area (Å²) in [6.45, 7) is 2.21. The van der Waals surface area contributed by atoms with Crippen LogP contribution < -0.4 is 10.6 Å². The zero-order valence-corrected chi connectivity index (χ0v) is 11.2. The number of hydrogen-bond acceptors (Lipinski definition) is 3. The molecule has 18 heavy (non-hydrogen) atoms. The standard InChI is InChI=1S/C14H26N2O2/c17-13-4-2-12(3-5-13)16-14(18)6-1-11-7-9-15-10-8-11/h11-13,15,17H,1-10H2,(H,16,18). The smallest absolute Gasteiger partial charge is 0.220 e. The Kier molecular flexibility index (Phi) is 5.45. The lowest BCUT2D eigenvalue weighted by molar-refractivity contribution is -0.122. The van der Waals surface area contributed by atoms with Crippen LogP contribution >= 0.6 is 0 Å². The summed E-state index contributed by atoms with van der Waals surface area (Å²) in [5.41, 5.74) is 0. The Labute approximate surface area is 110 Å². The predicted molar refractivity (Wildman–Crippen MR) is 71.2 cm³/mol. The Hall–Kier alpha value is -0.610. The van der Waals surface area contributed by atoms with E-state index in [2.05, 4.69) is 10.6 Å². The van der Waals surface area contributed by atoms with Crippen LogP contribution in [0.15, 0.2) is 0 Å². The molecule has 0 aromatic carbocycles. The molecule has 0 spiro atoms. The Morgan fingerprint density at radius 3 is 2.44 bits per heavy atom.